The Morgan fingerprint density at radius 1 is 0.333 bits per heavy atom. The van der Waals surface area contributed by atoms with E-state index in [2.05, 4.69) is 229 Å². The molecule has 0 saturated heterocycles. The molecule has 1 aliphatic rings. The number of furan rings is 1. The molecule has 10 aromatic rings. The van der Waals surface area contributed by atoms with Gasteiger partial charge in [0.05, 0.1) is 5.41 Å². The van der Waals surface area contributed by atoms with E-state index in [1.165, 1.54) is 44.5 Å². The molecule has 9 aromatic carbocycles. The molecular formula is C55H37NO. The zero-order valence-electron chi connectivity index (χ0n) is 31.2. The zero-order valence-corrected chi connectivity index (χ0v) is 31.2. The monoisotopic (exact) mass is 727 g/mol. The fraction of sp³-hybridized carbons (Fsp3) is 0.0182. The maximum atomic E-state index is 6.66. The molecule has 1 aromatic heterocycles. The Labute approximate surface area is 332 Å². The van der Waals surface area contributed by atoms with Crippen LogP contribution >= 0.6 is 0 Å². The van der Waals surface area contributed by atoms with Gasteiger partial charge in [0.25, 0.3) is 0 Å². The minimum atomic E-state index is -0.493. The van der Waals surface area contributed by atoms with Gasteiger partial charge in [0, 0.05) is 27.8 Å². The smallest absolute Gasteiger partial charge is 0.136 e. The first-order valence-electron chi connectivity index (χ1n) is 19.6. The number of nitrogens with zero attached hydrogens (tertiary/aromatic N) is 1. The summed E-state index contributed by atoms with van der Waals surface area (Å²) in [6.07, 6.45) is 0. The van der Waals surface area contributed by atoms with Crippen molar-refractivity contribution in [2.75, 3.05) is 4.90 Å². The molecule has 0 atom stereocenters. The highest BCUT2D eigenvalue weighted by Crippen LogP contribution is 2.56. The van der Waals surface area contributed by atoms with Gasteiger partial charge in [-0.1, -0.05) is 170 Å². The third-order valence-electron chi connectivity index (χ3n) is 11.7. The standard InChI is InChI=1S/C55H37NO/c1-4-16-38(17-5-1)39-30-33-44(34-31-39)56(43-21-8-3-9-22-43)45-23-14-18-40(36-45)46-26-15-29-53-54(46)49-37-42(32-35-52(49)57-53)55(41-19-6-2-7-20-41)50-27-12-10-24-47(50)48-25-11-13-28-51(48)55/h1-37H. The van der Waals surface area contributed by atoms with Crippen molar-refractivity contribution in [2.24, 2.45) is 0 Å². The molecule has 2 nitrogen and oxygen atoms in total. The molecule has 57 heavy (non-hydrogen) atoms. The van der Waals surface area contributed by atoms with Gasteiger partial charge in [-0.3, -0.25) is 0 Å². The highest BCUT2D eigenvalue weighted by molar-refractivity contribution is 6.13. The van der Waals surface area contributed by atoms with Gasteiger partial charge in [0.2, 0.25) is 0 Å². The second kappa shape index (κ2) is 13.4. The maximum absolute atomic E-state index is 6.66. The Morgan fingerprint density at radius 3 is 1.60 bits per heavy atom. The van der Waals surface area contributed by atoms with Crippen LogP contribution in [-0.2, 0) is 5.41 Å². The lowest BCUT2D eigenvalue weighted by Gasteiger charge is -2.33. The van der Waals surface area contributed by atoms with Crippen molar-refractivity contribution in [3.63, 3.8) is 0 Å². The highest BCUT2D eigenvalue weighted by Gasteiger charge is 2.46. The molecule has 0 unspecified atom stereocenters. The Kier molecular flexibility index (Phi) is 7.75. The van der Waals surface area contributed by atoms with Gasteiger partial charge >= 0.3 is 0 Å². The lowest BCUT2D eigenvalue weighted by molar-refractivity contribution is 0.668. The van der Waals surface area contributed by atoms with E-state index < -0.39 is 5.41 Å². The molecule has 0 saturated carbocycles. The quantitative estimate of drug-likeness (QED) is 0.163. The number of benzene rings is 9. The summed E-state index contributed by atoms with van der Waals surface area (Å²) in [6, 6.07) is 81.0. The van der Waals surface area contributed by atoms with E-state index >= 15 is 0 Å². The average Bonchev–Trinajstić information content (AvgIpc) is 3.82. The van der Waals surface area contributed by atoms with Crippen molar-refractivity contribution in [1.29, 1.82) is 0 Å². The van der Waals surface area contributed by atoms with Crippen molar-refractivity contribution < 1.29 is 4.42 Å². The van der Waals surface area contributed by atoms with Crippen LogP contribution in [0.4, 0.5) is 17.1 Å². The molecule has 0 N–H and O–H groups in total. The molecule has 0 spiro atoms. The SMILES string of the molecule is c1ccc(-c2ccc(N(c3ccccc3)c3cccc(-c4cccc5oc6ccc(C7(c8ccccc8)c8ccccc8-c8ccccc87)cc6c45)c3)cc2)cc1. The summed E-state index contributed by atoms with van der Waals surface area (Å²) in [4.78, 5) is 2.34. The van der Waals surface area contributed by atoms with E-state index in [1.807, 2.05) is 0 Å². The summed E-state index contributed by atoms with van der Waals surface area (Å²) in [5.74, 6) is 0. The van der Waals surface area contributed by atoms with E-state index in [0.29, 0.717) is 0 Å². The summed E-state index contributed by atoms with van der Waals surface area (Å²) in [5, 5.41) is 2.23. The lowest BCUT2D eigenvalue weighted by Crippen LogP contribution is -2.28. The van der Waals surface area contributed by atoms with Crippen LogP contribution in [0.15, 0.2) is 229 Å². The second-order valence-corrected chi connectivity index (χ2v) is 14.8. The molecule has 11 rings (SSSR count). The summed E-state index contributed by atoms with van der Waals surface area (Å²) in [5.41, 5.74) is 16.8. The predicted octanol–water partition coefficient (Wildman–Crippen LogP) is 14.8. The molecule has 0 radical (unpaired) electrons. The van der Waals surface area contributed by atoms with Gasteiger partial charge in [0.1, 0.15) is 11.2 Å². The van der Waals surface area contributed by atoms with Gasteiger partial charge in [0.15, 0.2) is 0 Å². The fourth-order valence-electron chi connectivity index (χ4n) is 9.28. The van der Waals surface area contributed by atoms with Crippen LogP contribution in [0.3, 0.4) is 0 Å². The minimum absolute atomic E-state index is 0.493. The molecule has 1 aliphatic carbocycles. The van der Waals surface area contributed by atoms with Crippen LogP contribution in [0, 0.1) is 0 Å². The first-order valence-corrected chi connectivity index (χ1v) is 19.6. The van der Waals surface area contributed by atoms with Crippen molar-refractivity contribution >= 4 is 39.0 Å². The average molecular weight is 728 g/mol. The lowest BCUT2D eigenvalue weighted by atomic mass is 9.67. The molecule has 268 valence electrons. The Balaban J connectivity index is 1.09. The Morgan fingerprint density at radius 2 is 0.877 bits per heavy atom. The molecule has 1 heterocycles. The molecule has 0 aliphatic heterocycles. The number of fused-ring (bicyclic) bond motifs is 6. The van der Waals surface area contributed by atoms with Gasteiger partial charge in [-0.05, 0) is 110 Å². The molecule has 0 amide bonds. The van der Waals surface area contributed by atoms with Crippen LogP contribution < -0.4 is 4.90 Å². The van der Waals surface area contributed by atoms with E-state index in [1.54, 1.807) is 0 Å². The topological polar surface area (TPSA) is 16.4 Å². The Bertz CT molecular complexity index is 3010. The number of para-hydroxylation sites is 1. The van der Waals surface area contributed by atoms with Crippen LogP contribution in [-0.4, -0.2) is 0 Å². The summed E-state index contributed by atoms with van der Waals surface area (Å²) >= 11 is 0. The van der Waals surface area contributed by atoms with E-state index in [9.17, 15) is 0 Å². The molecule has 0 fully saturated rings. The van der Waals surface area contributed by atoms with Crippen LogP contribution in [0.5, 0.6) is 0 Å². The highest BCUT2D eigenvalue weighted by atomic mass is 16.3. The van der Waals surface area contributed by atoms with Crippen molar-refractivity contribution in [3.8, 4) is 33.4 Å². The normalized spacial score (nSPS) is 12.7. The number of hydrogen-bond acceptors (Lipinski definition) is 2. The van der Waals surface area contributed by atoms with Crippen LogP contribution in [0.1, 0.15) is 22.3 Å². The van der Waals surface area contributed by atoms with Gasteiger partial charge in [-0.2, -0.15) is 0 Å². The second-order valence-electron chi connectivity index (χ2n) is 14.8. The van der Waals surface area contributed by atoms with Crippen molar-refractivity contribution in [2.45, 2.75) is 5.41 Å². The third kappa shape index (κ3) is 5.26. The minimum Gasteiger partial charge on any atom is -0.456 e. The summed E-state index contributed by atoms with van der Waals surface area (Å²) in [6.45, 7) is 0. The van der Waals surface area contributed by atoms with Crippen molar-refractivity contribution in [3.05, 3.63) is 247 Å². The first-order chi connectivity index (χ1) is 28.3. The van der Waals surface area contributed by atoms with Crippen LogP contribution in [0.2, 0.25) is 0 Å². The Hall–Kier alpha value is -7.42. The summed E-state index contributed by atoms with van der Waals surface area (Å²) < 4.78 is 6.66. The molecule has 0 bridgehead atoms. The number of anilines is 3. The van der Waals surface area contributed by atoms with Gasteiger partial charge in [-0.25, -0.2) is 0 Å². The largest absolute Gasteiger partial charge is 0.456 e. The molecular weight excluding hydrogens is 691 g/mol. The first kappa shape index (κ1) is 33.0. The van der Waals surface area contributed by atoms with E-state index in [4.69, 9.17) is 4.42 Å². The van der Waals surface area contributed by atoms with E-state index in [0.717, 1.165) is 50.1 Å². The predicted molar refractivity (Wildman–Crippen MR) is 237 cm³/mol. The summed E-state index contributed by atoms with van der Waals surface area (Å²) in [7, 11) is 0. The number of rotatable bonds is 7. The zero-order chi connectivity index (χ0) is 37.8. The fourth-order valence-corrected chi connectivity index (χ4v) is 9.28. The third-order valence-corrected chi connectivity index (χ3v) is 11.7. The van der Waals surface area contributed by atoms with Crippen LogP contribution in [0.25, 0.3) is 55.3 Å². The van der Waals surface area contributed by atoms with Gasteiger partial charge < -0.3 is 9.32 Å². The molecule has 2 heteroatoms. The number of hydrogen-bond donors (Lipinski definition) is 0. The van der Waals surface area contributed by atoms with Crippen molar-refractivity contribution in [1.82, 2.24) is 0 Å². The van der Waals surface area contributed by atoms with E-state index in [-0.39, 0.29) is 0 Å². The van der Waals surface area contributed by atoms with Gasteiger partial charge in [-0.15, -0.1) is 0 Å². The maximum Gasteiger partial charge on any atom is 0.136 e.